The molecule has 6 nitrogen and oxygen atoms in total. The minimum absolute atomic E-state index is 0.0696. The van der Waals surface area contributed by atoms with Gasteiger partial charge in [0.25, 0.3) is 5.56 Å². The van der Waals surface area contributed by atoms with Crippen LogP contribution in [0.2, 0.25) is 0 Å². The zero-order valence-electron chi connectivity index (χ0n) is 11.1. The van der Waals surface area contributed by atoms with Crippen LogP contribution in [0.25, 0.3) is 10.9 Å². The second kappa shape index (κ2) is 5.50. The molecular weight excluding hydrogens is 256 g/mol. The topological polar surface area (TPSA) is 90.0 Å². The molecule has 0 atom stereocenters. The van der Waals surface area contributed by atoms with Gasteiger partial charge in [-0.25, -0.2) is 4.98 Å². The fourth-order valence-electron chi connectivity index (χ4n) is 2.54. The number of benzene rings is 1. The fourth-order valence-corrected chi connectivity index (χ4v) is 2.54. The molecule has 0 bridgehead atoms. The van der Waals surface area contributed by atoms with Gasteiger partial charge in [0.15, 0.2) is 0 Å². The van der Waals surface area contributed by atoms with Crippen LogP contribution in [0.15, 0.2) is 23.0 Å². The zero-order chi connectivity index (χ0) is 13.9. The summed E-state index contributed by atoms with van der Waals surface area (Å²) in [6.45, 7) is 2.91. The van der Waals surface area contributed by atoms with Gasteiger partial charge in [0.05, 0.1) is 10.9 Å². The highest BCUT2D eigenvalue weighted by molar-refractivity contribution is 5.79. The number of hydrogen-bond acceptors (Lipinski definition) is 5. The first-order chi connectivity index (χ1) is 9.72. The van der Waals surface area contributed by atoms with Crippen LogP contribution >= 0.6 is 0 Å². The van der Waals surface area contributed by atoms with Gasteiger partial charge in [-0.05, 0) is 50.0 Å². The average Bonchev–Trinajstić information content (AvgIpc) is 2.47. The molecule has 6 heteroatoms. The van der Waals surface area contributed by atoms with Gasteiger partial charge in [0.2, 0.25) is 5.95 Å². The van der Waals surface area contributed by atoms with E-state index in [9.17, 15) is 9.90 Å². The Labute approximate surface area is 116 Å². The molecular formula is C14H18N4O2. The minimum atomic E-state index is -0.237. The molecule has 0 radical (unpaired) electrons. The molecule has 20 heavy (non-hydrogen) atoms. The van der Waals surface area contributed by atoms with Gasteiger partial charge in [-0.2, -0.15) is 0 Å². The van der Waals surface area contributed by atoms with Gasteiger partial charge in [-0.1, -0.05) is 0 Å². The molecule has 0 aliphatic carbocycles. The van der Waals surface area contributed by atoms with Crippen molar-refractivity contribution in [2.75, 3.05) is 25.0 Å². The Balaban J connectivity index is 1.78. The predicted molar refractivity (Wildman–Crippen MR) is 78.1 cm³/mol. The Morgan fingerprint density at radius 1 is 1.35 bits per heavy atom. The summed E-state index contributed by atoms with van der Waals surface area (Å²) in [5.74, 6) is 1.17. The summed E-state index contributed by atoms with van der Waals surface area (Å²) in [6, 6.07) is 4.61. The number of hydrogen-bond donors (Lipinski definition) is 4. The van der Waals surface area contributed by atoms with Crippen molar-refractivity contribution in [1.82, 2.24) is 15.3 Å². The molecule has 2 aromatic rings. The number of aromatic hydroxyl groups is 1. The van der Waals surface area contributed by atoms with E-state index >= 15 is 0 Å². The summed E-state index contributed by atoms with van der Waals surface area (Å²) in [5, 5.41) is 16.3. The van der Waals surface area contributed by atoms with Crippen molar-refractivity contribution in [2.45, 2.75) is 12.8 Å². The van der Waals surface area contributed by atoms with E-state index in [4.69, 9.17) is 0 Å². The Morgan fingerprint density at radius 2 is 2.15 bits per heavy atom. The maximum Gasteiger partial charge on any atom is 0.260 e. The second-order valence-corrected chi connectivity index (χ2v) is 5.19. The van der Waals surface area contributed by atoms with Crippen LogP contribution in [0, 0.1) is 5.92 Å². The quantitative estimate of drug-likeness (QED) is 0.671. The normalized spacial score (nSPS) is 16.4. The molecule has 0 unspecified atom stereocenters. The molecule has 0 amide bonds. The lowest BCUT2D eigenvalue weighted by Crippen LogP contribution is -2.31. The second-order valence-electron chi connectivity index (χ2n) is 5.19. The molecule has 1 aromatic heterocycles. The summed E-state index contributed by atoms with van der Waals surface area (Å²) < 4.78 is 0. The monoisotopic (exact) mass is 274 g/mol. The van der Waals surface area contributed by atoms with Crippen LogP contribution in [0.3, 0.4) is 0 Å². The summed E-state index contributed by atoms with van der Waals surface area (Å²) >= 11 is 0. The third kappa shape index (κ3) is 2.75. The highest BCUT2D eigenvalue weighted by Crippen LogP contribution is 2.16. The van der Waals surface area contributed by atoms with Crippen molar-refractivity contribution < 1.29 is 5.11 Å². The molecule has 0 saturated carbocycles. The van der Waals surface area contributed by atoms with E-state index in [2.05, 4.69) is 20.6 Å². The van der Waals surface area contributed by atoms with E-state index in [0.29, 0.717) is 22.8 Å². The SMILES string of the molecule is O=c1[nH]c(NCC2CCNCC2)nc2ccc(O)cc12. The number of rotatable bonds is 3. The predicted octanol–water partition coefficient (Wildman–Crippen LogP) is 1.04. The maximum atomic E-state index is 11.9. The average molecular weight is 274 g/mol. The van der Waals surface area contributed by atoms with Crippen molar-refractivity contribution >= 4 is 16.9 Å². The van der Waals surface area contributed by atoms with E-state index in [1.807, 2.05) is 0 Å². The number of phenolic OH excluding ortho intramolecular Hbond substituents is 1. The summed E-state index contributed by atoms with van der Waals surface area (Å²) in [5.41, 5.74) is 0.345. The van der Waals surface area contributed by atoms with E-state index in [1.165, 1.54) is 12.1 Å². The lowest BCUT2D eigenvalue weighted by molar-refractivity contribution is 0.389. The summed E-state index contributed by atoms with van der Waals surface area (Å²) in [7, 11) is 0. The maximum absolute atomic E-state index is 11.9. The zero-order valence-corrected chi connectivity index (χ0v) is 11.1. The van der Waals surface area contributed by atoms with Crippen LogP contribution in [-0.4, -0.2) is 34.7 Å². The van der Waals surface area contributed by atoms with Crippen LogP contribution in [0.4, 0.5) is 5.95 Å². The number of phenols is 1. The van der Waals surface area contributed by atoms with Gasteiger partial charge in [0, 0.05) is 6.54 Å². The first-order valence-electron chi connectivity index (χ1n) is 6.90. The van der Waals surface area contributed by atoms with Crippen molar-refractivity contribution in [1.29, 1.82) is 0 Å². The number of nitrogens with one attached hydrogen (secondary N) is 3. The highest BCUT2D eigenvalue weighted by atomic mass is 16.3. The van der Waals surface area contributed by atoms with Crippen LogP contribution in [0.5, 0.6) is 5.75 Å². The lowest BCUT2D eigenvalue weighted by Gasteiger charge is -2.22. The van der Waals surface area contributed by atoms with E-state index in [1.54, 1.807) is 6.07 Å². The summed E-state index contributed by atoms with van der Waals surface area (Å²) in [6.07, 6.45) is 2.28. The molecule has 106 valence electrons. The number of anilines is 1. The summed E-state index contributed by atoms with van der Waals surface area (Å²) in [4.78, 5) is 19.0. The molecule has 3 rings (SSSR count). The Kier molecular flexibility index (Phi) is 3.56. The number of nitrogens with zero attached hydrogens (tertiary/aromatic N) is 1. The lowest BCUT2D eigenvalue weighted by atomic mass is 9.98. The standard InChI is InChI=1S/C14H18N4O2/c19-10-1-2-12-11(7-10)13(20)18-14(17-12)16-8-9-3-5-15-6-4-9/h1-2,7,9,15,19H,3-6,8H2,(H2,16,17,18,20). The van der Waals surface area contributed by atoms with E-state index < -0.39 is 0 Å². The number of aromatic amines is 1. The smallest absolute Gasteiger partial charge is 0.260 e. The molecule has 1 fully saturated rings. The van der Waals surface area contributed by atoms with Gasteiger partial charge in [0.1, 0.15) is 5.75 Å². The van der Waals surface area contributed by atoms with Crippen molar-refractivity contribution in [2.24, 2.45) is 5.92 Å². The van der Waals surface area contributed by atoms with E-state index in [0.717, 1.165) is 32.5 Å². The van der Waals surface area contributed by atoms with Gasteiger partial charge in [-0.3, -0.25) is 9.78 Å². The van der Waals surface area contributed by atoms with Crippen LogP contribution < -0.4 is 16.2 Å². The molecule has 1 saturated heterocycles. The first-order valence-corrected chi connectivity index (χ1v) is 6.90. The van der Waals surface area contributed by atoms with E-state index in [-0.39, 0.29) is 11.3 Å². The van der Waals surface area contributed by atoms with Gasteiger partial charge in [-0.15, -0.1) is 0 Å². The number of piperidine rings is 1. The third-order valence-electron chi connectivity index (χ3n) is 3.71. The molecule has 1 aromatic carbocycles. The van der Waals surface area contributed by atoms with Crippen molar-refractivity contribution in [3.63, 3.8) is 0 Å². The minimum Gasteiger partial charge on any atom is -0.508 e. The number of aromatic nitrogens is 2. The molecule has 2 heterocycles. The number of H-pyrrole nitrogens is 1. The van der Waals surface area contributed by atoms with Gasteiger partial charge >= 0.3 is 0 Å². The van der Waals surface area contributed by atoms with Gasteiger partial charge < -0.3 is 15.7 Å². The Morgan fingerprint density at radius 3 is 2.95 bits per heavy atom. The van der Waals surface area contributed by atoms with Crippen LogP contribution in [0.1, 0.15) is 12.8 Å². The Bertz CT molecular complexity index is 662. The third-order valence-corrected chi connectivity index (χ3v) is 3.71. The fraction of sp³-hybridized carbons (Fsp3) is 0.429. The molecule has 0 spiro atoms. The number of fused-ring (bicyclic) bond motifs is 1. The Hall–Kier alpha value is -2.08. The molecule has 1 aliphatic heterocycles. The molecule has 1 aliphatic rings. The van der Waals surface area contributed by atoms with Crippen molar-refractivity contribution in [3.8, 4) is 5.75 Å². The molecule has 4 N–H and O–H groups in total. The first kappa shape index (κ1) is 12.9. The largest absolute Gasteiger partial charge is 0.508 e. The van der Waals surface area contributed by atoms with Crippen molar-refractivity contribution in [3.05, 3.63) is 28.6 Å². The van der Waals surface area contributed by atoms with Crippen LogP contribution in [-0.2, 0) is 0 Å². The highest BCUT2D eigenvalue weighted by Gasteiger charge is 2.13.